The van der Waals surface area contributed by atoms with Crippen molar-refractivity contribution >= 4 is 33.2 Å². The van der Waals surface area contributed by atoms with Crippen LogP contribution in [-0.2, 0) is 32.6 Å². The number of nitrogens with zero attached hydrogens (tertiary/aromatic N) is 4. The van der Waals surface area contributed by atoms with Crippen LogP contribution in [0.4, 0.5) is 11.4 Å². The molecule has 2 amide bonds. The number of carbonyl (C=O) groups is 2. The van der Waals surface area contributed by atoms with Crippen molar-refractivity contribution in [2.45, 2.75) is 51.5 Å². The fraction of sp³-hybridized carbons (Fsp3) is 0.393. The highest BCUT2D eigenvalue weighted by Gasteiger charge is 2.37. The lowest BCUT2D eigenvalue weighted by Gasteiger charge is -2.31. The number of anilines is 2. The van der Waals surface area contributed by atoms with Crippen LogP contribution in [0, 0.1) is 26.7 Å². The molecule has 1 aromatic heterocycles. The summed E-state index contributed by atoms with van der Waals surface area (Å²) in [6, 6.07) is 15.4. The minimum absolute atomic E-state index is 0.0436. The molecule has 2 aromatic carbocycles. The Morgan fingerprint density at radius 1 is 1.05 bits per heavy atom. The lowest BCUT2D eigenvalue weighted by Crippen LogP contribution is -2.44. The summed E-state index contributed by atoms with van der Waals surface area (Å²) < 4.78 is 30.4. The topological polar surface area (TPSA) is 105 Å². The molecule has 38 heavy (non-hydrogen) atoms. The number of rotatable bonds is 6. The monoisotopic (exact) mass is 535 g/mol. The summed E-state index contributed by atoms with van der Waals surface area (Å²) in [5.74, 6) is -0.766. The summed E-state index contributed by atoms with van der Waals surface area (Å²) in [5.41, 5.74) is 4.54. The van der Waals surface area contributed by atoms with Gasteiger partial charge in [-0.15, -0.1) is 0 Å². The van der Waals surface area contributed by atoms with Crippen LogP contribution in [0.1, 0.15) is 35.4 Å². The minimum atomic E-state index is -3.91. The summed E-state index contributed by atoms with van der Waals surface area (Å²) >= 11 is 0. The van der Waals surface area contributed by atoms with E-state index >= 15 is 0 Å². The van der Waals surface area contributed by atoms with Gasteiger partial charge < -0.3 is 10.2 Å². The van der Waals surface area contributed by atoms with E-state index < -0.39 is 15.9 Å². The second-order valence-corrected chi connectivity index (χ2v) is 12.0. The van der Waals surface area contributed by atoms with E-state index in [4.69, 9.17) is 0 Å². The average Bonchev–Trinajstić information content (AvgIpc) is 3.44. The molecule has 0 saturated carbocycles. The number of para-hydroxylation sites is 1. The van der Waals surface area contributed by atoms with E-state index in [0.29, 0.717) is 43.0 Å². The quantitative estimate of drug-likeness (QED) is 0.521. The molecule has 1 fully saturated rings. The van der Waals surface area contributed by atoms with Gasteiger partial charge in [-0.3, -0.25) is 14.3 Å². The molecule has 1 N–H and O–H groups in total. The molecule has 200 valence electrons. The van der Waals surface area contributed by atoms with Gasteiger partial charge in [0.1, 0.15) is 11.4 Å². The Bertz CT molecular complexity index is 1500. The Labute approximate surface area is 223 Å². The van der Waals surface area contributed by atoms with E-state index in [9.17, 15) is 18.0 Å². The SMILES string of the molecule is Cc1cccc(NC(=O)[C@@H]2CCCN(S(=O)(=O)c3c(C)nn(CC(=O)N4CCc5ccccc54)c3C)C2)c1. The smallest absolute Gasteiger partial charge is 0.248 e. The lowest BCUT2D eigenvalue weighted by molar-refractivity contribution is -0.121. The van der Waals surface area contributed by atoms with Gasteiger partial charge in [-0.05, 0) is 69.4 Å². The fourth-order valence-electron chi connectivity index (χ4n) is 5.49. The Kier molecular flexibility index (Phi) is 7.11. The van der Waals surface area contributed by atoms with Crippen molar-refractivity contribution in [3.63, 3.8) is 0 Å². The van der Waals surface area contributed by atoms with Crippen LogP contribution in [0.2, 0.25) is 0 Å². The van der Waals surface area contributed by atoms with Gasteiger partial charge in [-0.2, -0.15) is 9.40 Å². The third-order valence-corrected chi connectivity index (χ3v) is 9.54. The first-order valence-corrected chi connectivity index (χ1v) is 14.4. The maximum atomic E-state index is 13.8. The zero-order valence-electron chi connectivity index (χ0n) is 22.0. The first kappa shape index (κ1) is 26.1. The molecule has 9 nitrogen and oxygen atoms in total. The molecule has 1 saturated heterocycles. The van der Waals surface area contributed by atoms with E-state index in [-0.39, 0.29) is 29.8 Å². The molecular weight excluding hydrogens is 502 g/mol. The zero-order chi connectivity index (χ0) is 27.0. The van der Waals surface area contributed by atoms with Gasteiger partial charge in [-0.25, -0.2) is 8.42 Å². The maximum absolute atomic E-state index is 13.8. The molecule has 10 heteroatoms. The van der Waals surface area contributed by atoms with Crippen molar-refractivity contribution in [3.05, 3.63) is 71.0 Å². The fourth-order valence-corrected chi connectivity index (χ4v) is 7.39. The van der Waals surface area contributed by atoms with Crippen LogP contribution in [0.5, 0.6) is 0 Å². The van der Waals surface area contributed by atoms with Gasteiger partial charge >= 0.3 is 0 Å². The first-order valence-electron chi connectivity index (χ1n) is 12.9. The van der Waals surface area contributed by atoms with Crippen LogP contribution in [0.25, 0.3) is 0 Å². The number of piperidine rings is 1. The van der Waals surface area contributed by atoms with Crippen LogP contribution in [0.3, 0.4) is 0 Å². The number of carbonyl (C=O) groups excluding carboxylic acids is 2. The number of benzene rings is 2. The van der Waals surface area contributed by atoms with E-state index in [2.05, 4.69) is 10.4 Å². The number of hydrogen-bond donors (Lipinski definition) is 1. The normalized spacial score (nSPS) is 17.9. The Balaban J connectivity index is 1.32. The van der Waals surface area contributed by atoms with E-state index in [1.165, 1.54) is 8.99 Å². The maximum Gasteiger partial charge on any atom is 0.248 e. The molecule has 2 aliphatic rings. The van der Waals surface area contributed by atoms with Gasteiger partial charge in [0.15, 0.2) is 0 Å². The average molecular weight is 536 g/mol. The molecule has 3 heterocycles. The summed E-state index contributed by atoms with van der Waals surface area (Å²) in [6.45, 7) is 6.28. The van der Waals surface area contributed by atoms with Gasteiger partial charge in [-0.1, -0.05) is 30.3 Å². The van der Waals surface area contributed by atoms with Gasteiger partial charge in [0, 0.05) is 31.0 Å². The predicted octanol–water partition coefficient (Wildman–Crippen LogP) is 3.44. The van der Waals surface area contributed by atoms with Gasteiger partial charge in [0.25, 0.3) is 0 Å². The summed E-state index contributed by atoms with van der Waals surface area (Å²) in [5, 5.41) is 7.37. The molecule has 3 aromatic rings. The molecule has 2 aliphatic heterocycles. The highest BCUT2D eigenvalue weighted by Crippen LogP contribution is 2.30. The summed E-state index contributed by atoms with van der Waals surface area (Å²) in [7, 11) is -3.91. The largest absolute Gasteiger partial charge is 0.326 e. The zero-order valence-corrected chi connectivity index (χ0v) is 22.8. The Morgan fingerprint density at radius 2 is 1.84 bits per heavy atom. The number of nitrogens with one attached hydrogen (secondary N) is 1. The highest BCUT2D eigenvalue weighted by molar-refractivity contribution is 7.89. The third-order valence-electron chi connectivity index (χ3n) is 7.43. The second kappa shape index (κ2) is 10.3. The van der Waals surface area contributed by atoms with E-state index in [1.54, 1.807) is 18.7 Å². The van der Waals surface area contributed by atoms with Crippen LogP contribution >= 0.6 is 0 Å². The molecule has 5 rings (SSSR count). The molecule has 0 bridgehead atoms. The van der Waals surface area contributed by atoms with Gasteiger partial charge in [0.2, 0.25) is 21.8 Å². The summed E-state index contributed by atoms with van der Waals surface area (Å²) in [4.78, 5) is 28.0. The third kappa shape index (κ3) is 4.98. The number of fused-ring (bicyclic) bond motifs is 1. The number of hydrogen-bond acceptors (Lipinski definition) is 5. The molecule has 1 atom stereocenters. The molecular formula is C28H33N5O4S. The highest BCUT2D eigenvalue weighted by atomic mass is 32.2. The first-order chi connectivity index (χ1) is 18.1. The minimum Gasteiger partial charge on any atom is -0.326 e. The predicted molar refractivity (Wildman–Crippen MR) is 145 cm³/mol. The van der Waals surface area contributed by atoms with Crippen molar-refractivity contribution in [1.82, 2.24) is 14.1 Å². The van der Waals surface area contributed by atoms with Crippen LogP contribution < -0.4 is 10.2 Å². The Morgan fingerprint density at radius 3 is 2.63 bits per heavy atom. The number of aromatic nitrogens is 2. The number of amides is 2. The lowest BCUT2D eigenvalue weighted by atomic mass is 9.98. The summed E-state index contributed by atoms with van der Waals surface area (Å²) in [6.07, 6.45) is 2.00. The van der Waals surface area contributed by atoms with Crippen LogP contribution in [0.15, 0.2) is 53.4 Å². The Hall–Kier alpha value is -3.50. The van der Waals surface area contributed by atoms with Crippen molar-refractivity contribution in [3.8, 4) is 0 Å². The molecule has 0 radical (unpaired) electrons. The van der Waals surface area contributed by atoms with Crippen molar-refractivity contribution in [2.75, 3.05) is 29.9 Å². The van der Waals surface area contributed by atoms with Crippen molar-refractivity contribution in [2.24, 2.45) is 5.92 Å². The van der Waals surface area contributed by atoms with Crippen LogP contribution in [-0.4, -0.2) is 54.0 Å². The van der Waals surface area contributed by atoms with E-state index in [1.807, 2.05) is 55.5 Å². The second-order valence-electron chi connectivity index (χ2n) is 10.1. The molecule has 0 spiro atoms. The van der Waals surface area contributed by atoms with Gasteiger partial charge in [0.05, 0.1) is 17.3 Å². The standard InChI is InChI=1S/C28H33N5O4S/c1-19-8-6-11-24(16-19)29-28(35)23-10-7-14-31(17-23)38(36,37)27-20(2)30-33(21(27)3)18-26(34)32-15-13-22-9-4-5-12-25(22)32/h4-6,8-9,11-12,16,23H,7,10,13-15,17-18H2,1-3H3,(H,29,35)/t23-/m1/s1. The molecule has 0 aliphatic carbocycles. The van der Waals surface area contributed by atoms with Crippen molar-refractivity contribution < 1.29 is 18.0 Å². The number of aryl methyl sites for hydroxylation is 2. The molecule has 0 unspecified atom stereocenters. The van der Waals surface area contributed by atoms with Crippen molar-refractivity contribution in [1.29, 1.82) is 0 Å². The van der Waals surface area contributed by atoms with E-state index in [0.717, 1.165) is 23.2 Å². The number of sulfonamides is 1.